The molecule has 1 N–H and O–H groups in total. The number of benzene rings is 1. The average molecular weight is 528 g/mol. The minimum atomic E-state index is -0.139. The van der Waals surface area contributed by atoms with E-state index in [1.807, 2.05) is 12.1 Å². The third-order valence-electron chi connectivity index (χ3n) is 7.81. The number of halogens is 1. The number of hydrogen-bond acceptors (Lipinski definition) is 6. The highest BCUT2D eigenvalue weighted by molar-refractivity contribution is 9.10. The average Bonchev–Trinajstić information content (AvgIpc) is 2.83. The van der Waals surface area contributed by atoms with Gasteiger partial charge in [0.25, 0.3) is 0 Å². The Labute approximate surface area is 211 Å². The molecule has 3 aliphatic heterocycles. The van der Waals surface area contributed by atoms with Crippen LogP contribution in [0.5, 0.6) is 0 Å². The van der Waals surface area contributed by atoms with E-state index in [0.29, 0.717) is 11.8 Å². The van der Waals surface area contributed by atoms with Crippen molar-refractivity contribution in [2.24, 2.45) is 5.41 Å². The molecule has 0 amide bonds. The minimum absolute atomic E-state index is 0.139. The number of piperidine rings is 1. The van der Waals surface area contributed by atoms with E-state index >= 15 is 0 Å². The molecule has 0 radical (unpaired) electrons. The van der Waals surface area contributed by atoms with Gasteiger partial charge in [-0.3, -0.25) is 9.69 Å². The van der Waals surface area contributed by atoms with E-state index in [4.69, 9.17) is 9.72 Å². The van der Waals surface area contributed by atoms with Gasteiger partial charge in [-0.25, -0.2) is 4.98 Å². The monoisotopic (exact) mass is 526 g/mol. The van der Waals surface area contributed by atoms with E-state index in [1.54, 1.807) is 0 Å². The molecule has 182 valence electrons. The van der Waals surface area contributed by atoms with Crippen LogP contribution in [-0.2, 0) is 22.5 Å². The number of aryl methyl sites for hydroxylation is 1. The fourth-order valence-corrected chi connectivity index (χ4v) is 6.28. The second kappa shape index (κ2) is 10.3. The van der Waals surface area contributed by atoms with Crippen LogP contribution in [-0.4, -0.2) is 67.1 Å². The highest BCUT2D eigenvalue weighted by Gasteiger charge is 2.45. The Morgan fingerprint density at radius 1 is 1.21 bits per heavy atom. The molecule has 2 fully saturated rings. The van der Waals surface area contributed by atoms with E-state index in [0.717, 1.165) is 62.5 Å². The first-order valence-corrected chi connectivity index (χ1v) is 13.3. The number of carbonyl (C=O) groups is 1. The van der Waals surface area contributed by atoms with Gasteiger partial charge in [0, 0.05) is 43.1 Å². The van der Waals surface area contributed by atoms with Gasteiger partial charge in [-0.15, -0.1) is 0 Å². The van der Waals surface area contributed by atoms with Crippen LogP contribution in [0.2, 0.25) is 0 Å². The van der Waals surface area contributed by atoms with E-state index in [2.05, 4.69) is 55.3 Å². The summed E-state index contributed by atoms with van der Waals surface area (Å²) >= 11 is 3.57. The molecule has 1 spiro atoms. The van der Waals surface area contributed by atoms with Gasteiger partial charge in [0.2, 0.25) is 0 Å². The van der Waals surface area contributed by atoms with Crippen molar-refractivity contribution in [1.82, 2.24) is 14.8 Å². The Balaban J connectivity index is 1.13. The molecule has 0 saturated carbocycles. The Hall–Kier alpha value is -1.96. The smallest absolute Gasteiger partial charge is 0.306 e. The third-order valence-corrected chi connectivity index (χ3v) is 8.30. The van der Waals surface area contributed by atoms with Crippen molar-refractivity contribution in [1.29, 1.82) is 0 Å². The van der Waals surface area contributed by atoms with Crippen LogP contribution in [0.3, 0.4) is 0 Å². The molecule has 7 heteroatoms. The Morgan fingerprint density at radius 2 is 2.03 bits per heavy atom. The number of nitrogens with one attached hydrogen (secondary N) is 1. The van der Waals surface area contributed by atoms with Gasteiger partial charge in [0.1, 0.15) is 5.82 Å². The number of carbonyl (C=O) groups excluding carboxylic acids is 1. The summed E-state index contributed by atoms with van der Waals surface area (Å²) in [4.78, 5) is 22.0. The lowest BCUT2D eigenvalue weighted by Gasteiger charge is -2.55. The molecule has 5 rings (SSSR count). The highest BCUT2D eigenvalue weighted by Crippen LogP contribution is 2.42. The van der Waals surface area contributed by atoms with Crippen LogP contribution in [0.4, 0.5) is 5.82 Å². The molecule has 1 aromatic heterocycles. The first kappa shape index (κ1) is 23.8. The summed E-state index contributed by atoms with van der Waals surface area (Å²) in [5, 5.41) is 3.46. The van der Waals surface area contributed by atoms with Gasteiger partial charge in [-0.2, -0.15) is 0 Å². The Bertz CT molecular complexity index is 1010. The number of likely N-dealkylation sites (tertiary alicyclic amines) is 2. The summed E-state index contributed by atoms with van der Waals surface area (Å²) in [6.07, 6.45) is 5.25. The summed E-state index contributed by atoms with van der Waals surface area (Å²) in [7, 11) is 1.48. The molecule has 0 bridgehead atoms. The lowest BCUT2D eigenvalue weighted by molar-refractivity contribution is -0.141. The van der Waals surface area contributed by atoms with Gasteiger partial charge >= 0.3 is 5.97 Å². The third kappa shape index (κ3) is 5.47. The predicted molar refractivity (Wildman–Crippen MR) is 138 cm³/mol. The van der Waals surface area contributed by atoms with Gasteiger partial charge in [-0.05, 0) is 73.5 Å². The van der Waals surface area contributed by atoms with E-state index in [9.17, 15) is 4.79 Å². The van der Waals surface area contributed by atoms with Crippen molar-refractivity contribution in [3.05, 3.63) is 57.7 Å². The van der Waals surface area contributed by atoms with Crippen molar-refractivity contribution in [2.75, 3.05) is 51.7 Å². The number of fused-ring (bicyclic) bond motifs is 1. The Kier molecular flexibility index (Phi) is 7.23. The number of aromatic nitrogens is 1. The zero-order valence-corrected chi connectivity index (χ0v) is 21.6. The molecule has 1 aromatic carbocycles. The molecular formula is C27H35BrN4O2. The molecule has 2 aromatic rings. The first-order chi connectivity index (χ1) is 16.5. The summed E-state index contributed by atoms with van der Waals surface area (Å²) in [5.41, 5.74) is 4.17. The van der Waals surface area contributed by atoms with Crippen molar-refractivity contribution in [2.45, 2.75) is 44.6 Å². The SMILES string of the molecule is COC(=O)C[C@H](CN1CC2(CCN(Cc3ccc4c(n3)NCCC4)CC2)C1)c1cccc(Br)c1. The number of esters is 1. The quantitative estimate of drug-likeness (QED) is 0.538. The predicted octanol–water partition coefficient (Wildman–Crippen LogP) is 4.45. The number of nitrogens with zero attached hydrogens (tertiary/aromatic N) is 3. The van der Waals surface area contributed by atoms with Crippen molar-refractivity contribution in [3.63, 3.8) is 0 Å². The van der Waals surface area contributed by atoms with Gasteiger partial charge < -0.3 is 15.0 Å². The molecule has 2 saturated heterocycles. The number of ether oxygens (including phenoxy) is 1. The van der Waals surface area contributed by atoms with Crippen LogP contribution >= 0.6 is 15.9 Å². The second-order valence-electron chi connectivity index (χ2n) is 10.3. The lowest BCUT2D eigenvalue weighted by Crippen LogP contribution is -2.60. The molecule has 0 unspecified atom stereocenters. The Morgan fingerprint density at radius 3 is 2.79 bits per heavy atom. The zero-order valence-electron chi connectivity index (χ0n) is 20.1. The maximum absolute atomic E-state index is 12.1. The van der Waals surface area contributed by atoms with Gasteiger partial charge in [0.15, 0.2) is 0 Å². The van der Waals surface area contributed by atoms with Crippen LogP contribution < -0.4 is 5.32 Å². The molecule has 1 atom stereocenters. The van der Waals surface area contributed by atoms with Crippen LogP contribution in [0, 0.1) is 5.41 Å². The lowest BCUT2D eigenvalue weighted by atomic mass is 9.71. The number of hydrogen-bond donors (Lipinski definition) is 1. The molecule has 4 heterocycles. The molecule has 0 aliphatic carbocycles. The fourth-order valence-electron chi connectivity index (χ4n) is 5.86. The minimum Gasteiger partial charge on any atom is -0.469 e. The van der Waals surface area contributed by atoms with Crippen LogP contribution in [0.25, 0.3) is 0 Å². The summed E-state index contributed by atoms with van der Waals surface area (Å²) in [6, 6.07) is 12.8. The van der Waals surface area contributed by atoms with E-state index in [-0.39, 0.29) is 11.9 Å². The van der Waals surface area contributed by atoms with Crippen molar-refractivity contribution < 1.29 is 9.53 Å². The van der Waals surface area contributed by atoms with Gasteiger partial charge in [0.05, 0.1) is 19.2 Å². The van der Waals surface area contributed by atoms with Crippen LogP contribution in [0.1, 0.15) is 48.4 Å². The van der Waals surface area contributed by atoms with Crippen molar-refractivity contribution >= 4 is 27.7 Å². The number of anilines is 1. The summed E-state index contributed by atoms with van der Waals surface area (Å²) in [5.74, 6) is 1.12. The summed E-state index contributed by atoms with van der Waals surface area (Å²) < 4.78 is 6.04. The maximum Gasteiger partial charge on any atom is 0.306 e. The first-order valence-electron chi connectivity index (χ1n) is 12.5. The molecule has 6 nitrogen and oxygen atoms in total. The van der Waals surface area contributed by atoms with E-state index in [1.165, 1.54) is 43.2 Å². The zero-order chi connectivity index (χ0) is 23.5. The van der Waals surface area contributed by atoms with Crippen molar-refractivity contribution in [3.8, 4) is 0 Å². The highest BCUT2D eigenvalue weighted by atomic mass is 79.9. The topological polar surface area (TPSA) is 57.7 Å². The molecule has 34 heavy (non-hydrogen) atoms. The molecular weight excluding hydrogens is 492 g/mol. The standard InChI is InChI=1S/C27H35BrN4O2/c1-34-25(33)15-22(21-4-2-6-23(28)14-21)16-32-18-27(19-32)9-12-31(13-10-27)17-24-8-7-20-5-3-11-29-26(20)30-24/h2,4,6-8,14,22H,3,5,9-13,15-19H2,1H3,(H,29,30)/t22-/m1/s1. The largest absolute Gasteiger partial charge is 0.469 e. The number of methoxy groups -OCH3 is 1. The number of pyridine rings is 1. The number of rotatable bonds is 7. The van der Waals surface area contributed by atoms with E-state index < -0.39 is 0 Å². The fraction of sp³-hybridized carbons (Fsp3) is 0.556. The normalized spacial score (nSPS) is 20.8. The summed E-state index contributed by atoms with van der Waals surface area (Å²) in [6.45, 7) is 7.42. The molecule has 3 aliphatic rings. The maximum atomic E-state index is 12.1. The second-order valence-corrected chi connectivity index (χ2v) is 11.2. The van der Waals surface area contributed by atoms with Gasteiger partial charge in [-0.1, -0.05) is 34.1 Å². The van der Waals surface area contributed by atoms with Crippen LogP contribution in [0.15, 0.2) is 40.9 Å².